The number of imide groups is 1. The lowest BCUT2D eigenvalue weighted by Gasteiger charge is -2.04. The average molecular weight is 422 g/mol. The van der Waals surface area contributed by atoms with Crippen LogP contribution in [0.1, 0.15) is 53.4 Å². The fourth-order valence-corrected chi connectivity index (χ4v) is 4.48. The molecule has 5 nitrogen and oxygen atoms in total. The first-order chi connectivity index (χ1) is 14.5. The number of unbranched alkanes of at least 4 members (excludes halogenated alkanes) is 2. The fourth-order valence-electron chi connectivity index (χ4n) is 3.62. The molecule has 1 unspecified atom stereocenters. The molecule has 2 heterocycles. The van der Waals surface area contributed by atoms with Crippen LogP contribution in [0.4, 0.5) is 4.79 Å². The molecule has 0 spiro atoms. The van der Waals surface area contributed by atoms with E-state index in [-0.39, 0.29) is 16.9 Å². The van der Waals surface area contributed by atoms with Crippen LogP contribution in [0, 0.1) is 0 Å². The SMILES string of the molecule is CCCCCc1ccc(C(=O)c2cc3cc(CC4SC(=O)NC4=O)ccc3o2)cc1. The number of rotatable bonds is 8. The second-order valence-electron chi connectivity index (χ2n) is 7.55. The maximum atomic E-state index is 12.8. The smallest absolute Gasteiger partial charge is 0.286 e. The first-order valence-corrected chi connectivity index (χ1v) is 11.1. The van der Waals surface area contributed by atoms with Crippen LogP contribution in [0.15, 0.2) is 52.9 Å². The van der Waals surface area contributed by atoms with Gasteiger partial charge in [0.25, 0.3) is 5.24 Å². The quantitative estimate of drug-likeness (QED) is 0.395. The maximum Gasteiger partial charge on any atom is 0.286 e. The number of ketones is 1. The molecule has 1 N–H and O–H groups in total. The largest absolute Gasteiger partial charge is 0.453 e. The molecule has 1 saturated heterocycles. The van der Waals surface area contributed by atoms with Gasteiger partial charge in [0, 0.05) is 10.9 Å². The van der Waals surface area contributed by atoms with Crippen molar-refractivity contribution >= 4 is 39.7 Å². The molecule has 2 aromatic carbocycles. The predicted octanol–water partition coefficient (Wildman–Crippen LogP) is 5.29. The van der Waals surface area contributed by atoms with Gasteiger partial charge in [-0.3, -0.25) is 19.7 Å². The van der Waals surface area contributed by atoms with Crippen LogP contribution in [0.2, 0.25) is 0 Å². The molecular weight excluding hydrogens is 398 g/mol. The number of aryl methyl sites for hydroxylation is 1. The third kappa shape index (κ3) is 4.49. The van der Waals surface area contributed by atoms with Gasteiger partial charge in [-0.2, -0.15) is 0 Å². The number of fused-ring (bicyclic) bond motifs is 1. The number of hydrogen-bond acceptors (Lipinski definition) is 5. The Kier molecular flexibility index (Phi) is 6.04. The molecule has 4 rings (SSSR count). The van der Waals surface area contributed by atoms with Crippen molar-refractivity contribution in [3.63, 3.8) is 0 Å². The molecular formula is C24H23NO4S. The Labute approximate surface area is 179 Å². The summed E-state index contributed by atoms with van der Waals surface area (Å²) in [4.78, 5) is 36.0. The second kappa shape index (κ2) is 8.88. The van der Waals surface area contributed by atoms with Crippen LogP contribution < -0.4 is 5.32 Å². The average Bonchev–Trinajstić information content (AvgIpc) is 3.30. The molecule has 1 fully saturated rings. The van der Waals surface area contributed by atoms with E-state index in [1.165, 1.54) is 18.4 Å². The first-order valence-electron chi connectivity index (χ1n) is 10.2. The number of nitrogens with one attached hydrogen (secondary N) is 1. The van der Waals surface area contributed by atoms with Gasteiger partial charge in [0.15, 0.2) is 5.76 Å². The maximum absolute atomic E-state index is 12.8. The van der Waals surface area contributed by atoms with Crippen molar-refractivity contribution in [2.75, 3.05) is 0 Å². The van der Waals surface area contributed by atoms with Crippen molar-refractivity contribution in [3.8, 4) is 0 Å². The van der Waals surface area contributed by atoms with E-state index in [4.69, 9.17) is 4.42 Å². The summed E-state index contributed by atoms with van der Waals surface area (Å²) in [7, 11) is 0. The topological polar surface area (TPSA) is 76.4 Å². The summed E-state index contributed by atoms with van der Waals surface area (Å²) in [6, 6.07) is 15.0. The van der Waals surface area contributed by atoms with Crippen LogP contribution in [-0.4, -0.2) is 22.2 Å². The Hall–Kier alpha value is -2.86. The van der Waals surface area contributed by atoms with Crippen LogP contribution in [0.5, 0.6) is 0 Å². The van der Waals surface area contributed by atoms with Crippen molar-refractivity contribution in [3.05, 3.63) is 71.0 Å². The Balaban J connectivity index is 1.48. The molecule has 0 radical (unpaired) electrons. The van der Waals surface area contributed by atoms with Crippen molar-refractivity contribution in [1.82, 2.24) is 5.32 Å². The molecule has 1 aromatic heterocycles. The number of carbonyl (C=O) groups is 3. The van der Waals surface area contributed by atoms with Gasteiger partial charge in [-0.05, 0) is 48.6 Å². The van der Waals surface area contributed by atoms with Gasteiger partial charge in [0.05, 0.1) is 5.25 Å². The minimum Gasteiger partial charge on any atom is -0.453 e. The number of hydrogen-bond donors (Lipinski definition) is 1. The molecule has 6 heteroatoms. The molecule has 154 valence electrons. The highest BCUT2D eigenvalue weighted by Gasteiger charge is 2.31. The van der Waals surface area contributed by atoms with Gasteiger partial charge in [0.2, 0.25) is 11.7 Å². The molecule has 1 atom stereocenters. The minimum atomic E-state index is -0.418. The van der Waals surface area contributed by atoms with Crippen LogP contribution in [-0.2, 0) is 17.6 Å². The number of thioether (sulfide) groups is 1. The van der Waals surface area contributed by atoms with Gasteiger partial charge in [-0.25, -0.2) is 0 Å². The monoisotopic (exact) mass is 421 g/mol. The van der Waals surface area contributed by atoms with Gasteiger partial charge in [-0.15, -0.1) is 0 Å². The summed E-state index contributed by atoms with van der Waals surface area (Å²) >= 11 is 1.01. The molecule has 1 aliphatic heterocycles. The number of furan rings is 1. The molecule has 30 heavy (non-hydrogen) atoms. The number of carbonyl (C=O) groups excluding carboxylic acids is 3. The second-order valence-corrected chi connectivity index (χ2v) is 8.73. The fraction of sp³-hybridized carbons (Fsp3) is 0.292. The van der Waals surface area contributed by atoms with Crippen molar-refractivity contribution in [2.24, 2.45) is 0 Å². The van der Waals surface area contributed by atoms with Crippen LogP contribution >= 0.6 is 11.8 Å². The van der Waals surface area contributed by atoms with E-state index in [2.05, 4.69) is 12.2 Å². The van der Waals surface area contributed by atoms with Gasteiger partial charge < -0.3 is 4.42 Å². The molecule has 0 saturated carbocycles. The normalized spacial score (nSPS) is 16.2. The summed E-state index contributed by atoms with van der Waals surface area (Å²) in [6.07, 6.45) is 5.03. The van der Waals surface area contributed by atoms with E-state index in [1.807, 2.05) is 36.4 Å². The van der Waals surface area contributed by atoms with E-state index in [0.717, 1.165) is 35.6 Å². The zero-order valence-corrected chi connectivity index (χ0v) is 17.6. The third-order valence-electron chi connectivity index (χ3n) is 5.28. The van der Waals surface area contributed by atoms with Gasteiger partial charge in [0.1, 0.15) is 5.58 Å². The van der Waals surface area contributed by atoms with Crippen molar-refractivity contribution in [1.29, 1.82) is 0 Å². The molecule has 3 aromatic rings. The van der Waals surface area contributed by atoms with Crippen LogP contribution in [0.25, 0.3) is 11.0 Å². The van der Waals surface area contributed by atoms with E-state index in [9.17, 15) is 14.4 Å². The van der Waals surface area contributed by atoms with Gasteiger partial charge in [-0.1, -0.05) is 61.9 Å². The van der Waals surface area contributed by atoms with Crippen LogP contribution in [0.3, 0.4) is 0 Å². The highest BCUT2D eigenvalue weighted by Crippen LogP contribution is 2.27. The molecule has 1 aliphatic rings. The number of amides is 2. The Morgan fingerprint density at radius 2 is 1.80 bits per heavy atom. The first kappa shape index (κ1) is 20.4. The third-order valence-corrected chi connectivity index (χ3v) is 6.26. The van der Waals surface area contributed by atoms with Crippen molar-refractivity contribution in [2.45, 2.75) is 44.3 Å². The Bertz CT molecular complexity index is 1100. The zero-order chi connectivity index (χ0) is 21.1. The zero-order valence-electron chi connectivity index (χ0n) is 16.8. The van der Waals surface area contributed by atoms with E-state index in [0.29, 0.717) is 23.3 Å². The summed E-state index contributed by atoms with van der Waals surface area (Å²) < 4.78 is 5.77. The Morgan fingerprint density at radius 3 is 2.50 bits per heavy atom. The van der Waals surface area contributed by atoms with E-state index >= 15 is 0 Å². The molecule has 0 bridgehead atoms. The summed E-state index contributed by atoms with van der Waals surface area (Å²) in [5.74, 6) is -0.112. The number of benzene rings is 2. The van der Waals surface area contributed by atoms with E-state index in [1.54, 1.807) is 12.1 Å². The van der Waals surface area contributed by atoms with E-state index < -0.39 is 5.25 Å². The summed E-state index contributed by atoms with van der Waals surface area (Å²) in [5.41, 5.74) is 3.38. The molecule has 0 aliphatic carbocycles. The lowest BCUT2D eigenvalue weighted by Crippen LogP contribution is -2.25. The highest BCUT2D eigenvalue weighted by atomic mass is 32.2. The van der Waals surface area contributed by atoms with Crippen molar-refractivity contribution < 1.29 is 18.8 Å². The predicted molar refractivity (Wildman–Crippen MR) is 118 cm³/mol. The lowest BCUT2D eigenvalue weighted by atomic mass is 10.0. The molecule has 2 amide bonds. The van der Waals surface area contributed by atoms with Gasteiger partial charge >= 0.3 is 0 Å². The standard InChI is InChI=1S/C24H23NO4S/c1-2-3-4-5-15-6-9-17(10-7-15)22(26)20-14-18-12-16(8-11-19(18)29-20)13-21-23(27)25-24(28)30-21/h6-12,14,21H,2-5,13H2,1H3,(H,25,27,28). The summed E-state index contributed by atoms with van der Waals surface area (Å²) in [6.45, 7) is 2.18. The summed E-state index contributed by atoms with van der Waals surface area (Å²) in [5, 5.41) is 2.38. The minimum absolute atomic E-state index is 0.149. The Morgan fingerprint density at radius 1 is 1.03 bits per heavy atom. The highest BCUT2D eigenvalue weighted by molar-refractivity contribution is 8.15. The lowest BCUT2D eigenvalue weighted by molar-refractivity contribution is -0.118.